The molecule has 0 radical (unpaired) electrons. The molecule has 2 rings (SSSR count). The summed E-state index contributed by atoms with van der Waals surface area (Å²) in [6.45, 7) is 5.24. The number of rotatable bonds is 3. The van der Waals surface area contributed by atoms with Gasteiger partial charge in [-0.15, -0.1) is 0 Å². The number of aryl methyl sites for hydroxylation is 1. The average molecular weight is 235 g/mol. The fourth-order valence-corrected chi connectivity index (χ4v) is 2.31. The Labute approximate surface area is 101 Å². The van der Waals surface area contributed by atoms with Crippen molar-refractivity contribution < 1.29 is 0 Å². The van der Waals surface area contributed by atoms with E-state index < -0.39 is 0 Å². The molecule has 0 N–H and O–H groups in total. The molecule has 2 aromatic rings. The van der Waals surface area contributed by atoms with E-state index in [0.717, 1.165) is 29.2 Å². The Kier molecular flexibility index (Phi) is 3.30. The highest BCUT2D eigenvalue weighted by Gasteiger charge is 2.12. The van der Waals surface area contributed by atoms with Crippen LogP contribution in [0.1, 0.15) is 19.0 Å². The smallest absolute Gasteiger partial charge is 0.0687 e. The SMILES string of the molecule is CCCn1c(C)cc(Cl)c1-c1cccnc1. The second-order valence-electron chi connectivity index (χ2n) is 3.88. The maximum atomic E-state index is 6.27. The van der Waals surface area contributed by atoms with Gasteiger partial charge in [0.05, 0.1) is 10.7 Å². The van der Waals surface area contributed by atoms with Crippen molar-refractivity contribution in [1.29, 1.82) is 0 Å². The largest absolute Gasteiger partial charge is 0.344 e. The molecular weight excluding hydrogens is 220 g/mol. The van der Waals surface area contributed by atoms with Gasteiger partial charge in [-0.1, -0.05) is 18.5 Å². The van der Waals surface area contributed by atoms with Crippen LogP contribution in [-0.2, 0) is 6.54 Å². The van der Waals surface area contributed by atoms with E-state index in [2.05, 4.69) is 23.4 Å². The van der Waals surface area contributed by atoms with Crippen LogP contribution in [0.5, 0.6) is 0 Å². The summed E-state index contributed by atoms with van der Waals surface area (Å²) in [4.78, 5) is 4.14. The van der Waals surface area contributed by atoms with Gasteiger partial charge in [0, 0.05) is 30.2 Å². The lowest BCUT2D eigenvalue weighted by atomic mass is 10.2. The fraction of sp³-hybridized carbons (Fsp3) is 0.308. The third-order valence-corrected chi connectivity index (χ3v) is 2.93. The van der Waals surface area contributed by atoms with Crippen molar-refractivity contribution >= 4 is 11.6 Å². The topological polar surface area (TPSA) is 17.8 Å². The van der Waals surface area contributed by atoms with Crippen molar-refractivity contribution in [1.82, 2.24) is 9.55 Å². The Bertz CT molecular complexity index is 474. The van der Waals surface area contributed by atoms with Crippen molar-refractivity contribution in [2.24, 2.45) is 0 Å². The summed E-state index contributed by atoms with van der Waals surface area (Å²) in [5.74, 6) is 0. The maximum Gasteiger partial charge on any atom is 0.0687 e. The van der Waals surface area contributed by atoms with E-state index >= 15 is 0 Å². The van der Waals surface area contributed by atoms with Gasteiger partial charge in [-0.3, -0.25) is 4.98 Å². The molecule has 0 unspecified atom stereocenters. The molecule has 0 saturated heterocycles. The number of hydrogen-bond acceptors (Lipinski definition) is 1. The molecule has 0 saturated carbocycles. The second-order valence-corrected chi connectivity index (χ2v) is 4.28. The molecule has 0 aromatic carbocycles. The predicted octanol–water partition coefficient (Wildman–Crippen LogP) is 3.92. The number of aromatic nitrogens is 2. The van der Waals surface area contributed by atoms with Crippen molar-refractivity contribution in [3.05, 3.63) is 41.3 Å². The zero-order valence-corrected chi connectivity index (χ0v) is 10.3. The summed E-state index contributed by atoms with van der Waals surface area (Å²) in [5.41, 5.74) is 3.36. The minimum atomic E-state index is 0.805. The lowest BCUT2D eigenvalue weighted by Gasteiger charge is -2.10. The summed E-state index contributed by atoms with van der Waals surface area (Å²) in [6.07, 6.45) is 4.73. The quantitative estimate of drug-likeness (QED) is 0.787. The van der Waals surface area contributed by atoms with E-state index in [4.69, 9.17) is 11.6 Å². The van der Waals surface area contributed by atoms with E-state index in [1.165, 1.54) is 5.69 Å². The van der Waals surface area contributed by atoms with Gasteiger partial charge in [0.15, 0.2) is 0 Å². The zero-order chi connectivity index (χ0) is 11.5. The highest BCUT2D eigenvalue weighted by atomic mass is 35.5. The van der Waals surface area contributed by atoms with Crippen LogP contribution < -0.4 is 0 Å². The van der Waals surface area contributed by atoms with Gasteiger partial charge in [0.2, 0.25) is 0 Å². The summed E-state index contributed by atoms with van der Waals surface area (Å²) in [7, 11) is 0. The van der Waals surface area contributed by atoms with E-state index in [1.54, 1.807) is 6.20 Å². The summed E-state index contributed by atoms with van der Waals surface area (Å²) in [6, 6.07) is 5.99. The van der Waals surface area contributed by atoms with E-state index in [-0.39, 0.29) is 0 Å². The van der Waals surface area contributed by atoms with E-state index in [9.17, 15) is 0 Å². The van der Waals surface area contributed by atoms with Gasteiger partial charge in [-0.05, 0) is 31.5 Å². The van der Waals surface area contributed by atoms with Gasteiger partial charge in [-0.25, -0.2) is 0 Å². The molecule has 0 bridgehead atoms. The summed E-state index contributed by atoms with van der Waals surface area (Å²) in [5, 5.41) is 0.805. The molecule has 16 heavy (non-hydrogen) atoms. The van der Waals surface area contributed by atoms with Crippen LogP contribution in [0.2, 0.25) is 5.02 Å². The Morgan fingerprint density at radius 2 is 2.25 bits per heavy atom. The fourth-order valence-electron chi connectivity index (χ4n) is 1.94. The lowest BCUT2D eigenvalue weighted by Crippen LogP contribution is -2.01. The van der Waals surface area contributed by atoms with Crippen molar-refractivity contribution in [2.45, 2.75) is 26.8 Å². The molecule has 2 heterocycles. The van der Waals surface area contributed by atoms with E-state index in [0.29, 0.717) is 0 Å². The molecule has 0 aliphatic rings. The van der Waals surface area contributed by atoms with Crippen LogP contribution in [0.4, 0.5) is 0 Å². The van der Waals surface area contributed by atoms with Crippen molar-refractivity contribution in [2.75, 3.05) is 0 Å². The van der Waals surface area contributed by atoms with Crippen LogP contribution in [0.25, 0.3) is 11.3 Å². The molecule has 2 nitrogen and oxygen atoms in total. The first-order valence-electron chi connectivity index (χ1n) is 5.50. The number of halogens is 1. The number of nitrogens with zero attached hydrogens (tertiary/aromatic N) is 2. The van der Waals surface area contributed by atoms with Gasteiger partial charge in [-0.2, -0.15) is 0 Å². The minimum Gasteiger partial charge on any atom is -0.344 e. The molecule has 0 aliphatic heterocycles. The molecule has 0 fully saturated rings. The van der Waals surface area contributed by atoms with Crippen molar-refractivity contribution in [3.63, 3.8) is 0 Å². The molecule has 0 spiro atoms. The lowest BCUT2D eigenvalue weighted by molar-refractivity contribution is 0.672. The molecular formula is C13H15ClN2. The van der Waals surface area contributed by atoms with Crippen LogP contribution >= 0.6 is 11.6 Å². The zero-order valence-electron chi connectivity index (χ0n) is 9.57. The molecule has 0 amide bonds. The molecule has 3 heteroatoms. The predicted molar refractivity (Wildman–Crippen MR) is 67.7 cm³/mol. The highest BCUT2D eigenvalue weighted by molar-refractivity contribution is 6.33. The van der Waals surface area contributed by atoms with Crippen LogP contribution in [-0.4, -0.2) is 9.55 Å². The third-order valence-electron chi connectivity index (χ3n) is 2.64. The first kappa shape index (κ1) is 11.2. The Balaban J connectivity index is 2.55. The van der Waals surface area contributed by atoms with Gasteiger partial charge >= 0.3 is 0 Å². The first-order chi connectivity index (χ1) is 7.74. The first-order valence-corrected chi connectivity index (χ1v) is 5.88. The van der Waals surface area contributed by atoms with Gasteiger partial charge in [0.1, 0.15) is 0 Å². The highest BCUT2D eigenvalue weighted by Crippen LogP contribution is 2.30. The molecule has 2 aromatic heterocycles. The van der Waals surface area contributed by atoms with Crippen LogP contribution in [0, 0.1) is 6.92 Å². The average Bonchev–Trinajstić information content (AvgIpc) is 2.56. The molecule has 0 aliphatic carbocycles. The normalized spacial score (nSPS) is 10.7. The Morgan fingerprint density at radius 1 is 1.44 bits per heavy atom. The number of pyridine rings is 1. The number of hydrogen-bond donors (Lipinski definition) is 0. The summed E-state index contributed by atoms with van der Waals surface area (Å²) >= 11 is 6.27. The van der Waals surface area contributed by atoms with Gasteiger partial charge in [0.25, 0.3) is 0 Å². The Hall–Kier alpha value is -1.28. The van der Waals surface area contributed by atoms with Gasteiger partial charge < -0.3 is 4.57 Å². The maximum absolute atomic E-state index is 6.27. The van der Waals surface area contributed by atoms with Crippen LogP contribution in [0.3, 0.4) is 0 Å². The monoisotopic (exact) mass is 234 g/mol. The second kappa shape index (κ2) is 4.71. The third kappa shape index (κ3) is 1.98. The Morgan fingerprint density at radius 3 is 2.88 bits per heavy atom. The van der Waals surface area contributed by atoms with E-state index in [1.807, 2.05) is 24.4 Å². The van der Waals surface area contributed by atoms with Crippen LogP contribution in [0.15, 0.2) is 30.6 Å². The minimum absolute atomic E-state index is 0.805. The summed E-state index contributed by atoms with van der Waals surface area (Å²) < 4.78 is 2.25. The molecule has 84 valence electrons. The van der Waals surface area contributed by atoms with Crippen molar-refractivity contribution in [3.8, 4) is 11.3 Å². The standard InChI is InChI=1S/C13H15ClN2/c1-3-7-16-10(2)8-12(14)13(16)11-5-4-6-15-9-11/h4-6,8-9H,3,7H2,1-2H3. The molecule has 0 atom stereocenters.